The molecule has 0 heterocycles. The number of hydrogen-bond acceptors (Lipinski definition) is 12. The summed E-state index contributed by atoms with van der Waals surface area (Å²) in [5.74, 6) is -0.227. The molecule has 0 unspecified atom stereocenters. The lowest BCUT2D eigenvalue weighted by molar-refractivity contribution is -0.432. The van der Waals surface area contributed by atoms with Crippen LogP contribution in [0.25, 0.3) is 10.8 Å². The third-order valence-electron chi connectivity index (χ3n) is 6.29. The first kappa shape index (κ1) is 33.1. The number of anilines is 1. The van der Waals surface area contributed by atoms with Gasteiger partial charge in [0.1, 0.15) is 22.0 Å². The second-order valence-corrected chi connectivity index (χ2v) is 13.8. The quantitative estimate of drug-likeness (QED) is 0.0340. The van der Waals surface area contributed by atoms with E-state index in [1.165, 1.54) is 42.5 Å². The summed E-state index contributed by atoms with van der Waals surface area (Å²) in [6.45, 7) is 1.78. The SMILES string of the molecule is Cc1ccc(S(=O)(=O)Nc2cc(SOOO)cc3cc(S(=O)(=O)O)c(N=Nc4cc(Cl)ccc4Oc4ccccc4)c(O)c23)cc1. The highest BCUT2D eigenvalue weighted by atomic mass is 35.5. The number of nitrogens with zero attached hydrogens (tertiary/aromatic N) is 2. The Hall–Kier alpha value is -4.26. The molecule has 5 aromatic rings. The Balaban J connectivity index is 1.69. The molecule has 0 fully saturated rings. The molecular formula is C29H22ClN3O10S3. The van der Waals surface area contributed by atoms with E-state index in [1.54, 1.807) is 49.4 Å². The first-order valence-electron chi connectivity index (χ1n) is 12.9. The van der Waals surface area contributed by atoms with Gasteiger partial charge in [-0.3, -0.25) is 9.27 Å². The second-order valence-electron chi connectivity index (χ2n) is 9.49. The fourth-order valence-electron chi connectivity index (χ4n) is 4.23. The molecule has 0 aliphatic rings. The van der Waals surface area contributed by atoms with Crippen LogP contribution in [0.1, 0.15) is 5.56 Å². The molecule has 0 spiro atoms. The molecule has 0 radical (unpaired) electrons. The van der Waals surface area contributed by atoms with E-state index < -0.39 is 36.5 Å². The first-order valence-corrected chi connectivity index (χ1v) is 16.9. The van der Waals surface area contributed by atoms with Gasteiger partial charge in [-0.05, 0) is 73.0 Å². The number of nitrogens with one attached hydrogen (secondary N) is 1. The van der Waals surface area contributed by atoms with Gasteiger partial charge >= 0.3 is 0 Å². The van der Waals surface area contributed by atoms with Crippen molar-refractivity contribution in [2.45, 2.75) is 21.6 Å². The largest absolute Gasteiger partial charge is 0.505 e. The monoisotopic (exact) mass is 703 g/mol. The summed E-state index contributed by atoms with van der Waals surface area (Å²) in [5.41, 5.74) is -0.114. The van der Waals surface area contributed by atoms with Crippen molar-refractivity contribution in [2.75, 3.05) is 4.72 Å². The summed E-state index contributed by atoms with van der Waals surface area (Å²) in [5, 5.41) is 31.7. The summed E-state index contributed by atoms with van der Waals surface area (Å²) < 4.78 is 74.5. The molecule has 17 heteroatoms. The number of aromatic hydroxyl groups is 1. The van der Waals surface area contributed by atoms with Crippen LogP contribution in [0.4, 0.5) is 17.1 Å². The van der Waals surface area contributed by atoms with E-state index in [1.807, 2.05) is 0 Å². The number of fused-ring (bicyclic) bond motifs is 1. The van der Waals surface area contributed by atoms with Crippen molar-refractivity contribution in [3.8, 4) is 17.2 Å². The van der Waals surface area contributed by atoms with Gasteiger partial charge in [-0.1, -0.05) is 52.5 Å². The molecule has 0 atom stereocenters. The minimum atomic E-state index is -5.06. The predicted molar refractivity (Wildman–Crippen MR) is 170 cm³/mol. The fourth-order valence-corrected chi connectivity index (χ4v) is 6.57. The van der Waals surface area contributed by atoms with Gasteiger partial charge in [0, 0.05) is 9.92 Å². The molecule has 0 bridgehead atoms. The van der Waals surface area contributed by atoms with E-state index in [0.29, 0.717) is 17.8 Å². The van der Waals surface area contributed by atoms with Gasteiger partial charge < -0.3 is 9.84 Å². The Kier molecular flexibility index (Phi) is 9.80. The molecule has 0 amide bonds. The molecule has 13 nitrogen and oxygen atoms in total. The lowest BCUT2D eigenvalue weighted by atomic mass is 10.1. The van der Waals surface area contributed by atoms with E-state index in [0.717, 1.165) is 11.6 Å². The van der Waals surface area contributed by atoms with Gasteiger partial charge in [-0.15, -0.1) is 14.6 Å². The highest BCUT2D eigenvalue weighted by Gasteiger charge is 2.26. The summed E-state index contributed by atoms with van der Waals surface area (Å²) >= 11 is 6.60. The van der Waals surface area contributed by atoms with Crippen LogP contribution < -0.4 is 9.46 Å². The van der Waals surface area contributed by atoms with Crippen LogP contribution in [0.3, 0.4) is 0 Å². The number of azo groups is 1. The molecule has 4 N–H and O–H groups in total. The highest BCUT2D eigenvalue weighted by Crippen LogP contribution is 2.47. The van der Waals surface area contributed by atoms with E-state index in [9.17, 15) is 26.5 Å². The lowest BCUT2D eigenvalue weighted by Gasteiger charge is -2.16. The molecule has 0 aliphatic heterocycles. The van der Waals surface area contributed by atoms with Crippen LogP contribution in [0.5, 0.6) is 17.2 Å². The normalized spacial score (nSPS) is 12.1. The summed E-state index contributed by atoms with van der Waals surface area (Å²) in [6.07, 6.45) is 0. The zero-order valence-corrected chi connectivity index (χ0v) is 26.6. The minimum absolute atomic E-state index is 0.0327. The molecular weight excluding hydrogens is 682 g/mol. The summed E-state index contributed by atoms with van der Waals surface area (Å²) in [6, 6.07) is 22.4. The number of sulfonamides is 1. The number of benzene rings is 5. The highest BCUT2D eigenvalue weighted by molar-refractivity contribution is 7.94. The van der Waals surface area contributed by atoms with E-state index in [-0.39, 0.29) is 42.7 Å². The number of rotatable bonds is 11. The van der Waals surface area contributed by atoms with Crippen LogP contribution in [-0.2, 0) is 29.5 Å². The van der Waals surface area contributed by atoms with Crippen LogP contribution >= 0.6 is 23.6 Å². The maximum atomic E-state index is 13.3. The number of aryl methyl sites for hydroxylation is 1. The van der Waals surface area contributed by atoms with E-state index in [2.05, 4.69) is 24.3 Å². The van der Waals surface area contributed by atoms with Crippen molar-refractivity contribution in [1.29, 1.82) is 0 Å². The van der Waals surface area contributed by atoms with E-state index in [4.69, 9.17) is 21.6 Å². The molecule has 5 aromatic carbocycles. The van der Waals surface area contributed by atoms with Crippen LogP contribution in [0.15, 0.2) is 116 Å². The second kappa shape index (κ2) is 13.6. The zero-order chi connectivity index (χ0) is 33.1. The molecule has 0 saturated carbocycles. The number of ether oxygens (including phenoxy) is 1. The smallest absolute Gasteiger partial charge is 0.296 e. The van der Waals surface area contributed by atoms with Gasteiger partial charge in [0.15, 0.2) is 11.5 Å². The Labute approximate surface area is 271 Å². The molecule has 0 saturated heterocycles. The number of phenolic OH excluding ortho intramolecular Hbond substituents is 1. The van der Waals surface area contributed by atoms with Crippen molar-refractivity contribution < 1.29 is 45.9 Å². The van der Waals surface area contributed by atoms with Crippen LogP contribution in [0, 0.1) is 6.92 Å². The van der Waals surface area contributed by atoms with Gasteiger partial charge in [-0.2, -0.15) is 8.42 Å². The third-order valence-corrected chi connectivity index (χ3v) is 9.33. The summed E-state index contributed by atoms with van der Waals surface area (Å²) in [7, 11) is -9.32. The molecule has 0 aliphatic carbocycles. The average Bonchev–Trinajstić information content (AvgIpc) is 3.00. The Morgan fingerprint density at radius 1 is 0.891 bits per heavy atom. The molecule has 46 heavy (non-hydrogen) atoms. The number of halogens is 1. The molecule has 5 rings (SSSR count). The summed E-state index contributed by atoms with van der Waals surface area (Å²) in [4.78, 5) is -0.873. The molecule has 0 aromatic heterocycles. The fraction of sp³-hybridized carbons (Fsp3) is 0.0345. The topological polar surface area (TPSA) is 193 Å². The maximum absolute atomic E-state index is 13.3. The van der Waals surface area contributed by atoms with Gasteiger partial charge in [-0.25, -0.2) is 13.7 Å². The van der Waals surface area contributed by atoms with Crippen LogP contribution in [0.2, 0.25) is 5.02 Å². The standard InChI is InChI=1S/C29H22ClN3O10S3/c1-17-7-10-22(11-8-17)45(36,37)33-24-16-21(44-43-42-35)13-18-14-26(46(38,39)40)28(29(34)27(18)24)32-31-23-15-19(30)9-12-25(23)41-20-5-3-2-4-6-20/h2-16,33-35H,1H3,(H,38,39,40). The van der Waals surface area contributed by atoms with Gasteiger partial charge in [0.05, 0.1) is 28.0 Å². The third kappa shape index (κ3) is 7.57. The first-order chi connectivity index (χ1) is 21.9. The zero-order valence-electron chi connectivity index (χ0n) is 23.4. The van der Waals surface area contributed by atoms with Crippen LogP contribution in [-0.4, -0.2) is 31.8 Å². The number of phenols is 1. The molecule has 238 valence electrons. The van der Waals surface area contributed by atoms with Crippen molar-refractivity contribution in [2.24, 2.45) is 10.2 Å². The Bertz CT molecular complexity index is 2170. The average molecular weight is 704 g/mol. The number of para-hydroxylation sites is 1. The van der Waals surface area contributed by atoms with Crippen molar-refractivity contribution in [1.82, 2.24) is 0 Å². The van der Waals surface area contributed by atoms with Gasteiger partial charge in [0.25, 0.3) is 20.1 Å². The van der Waals surface area contributed by atoms with E-state index >= 15 is 0 Å². The predicted octanol–water partition coefficient (Wildman–Crippen LogP) is 8.19. The number of hydrogen-bond donors (Lipinski definition) is 4. The van der Waals surface area contributed by atoms with Gasteiger partial charge in [0.2, 0.25) is 0 Å². The van der Waals surface area contributed by atoms with Crippen molar-refractivity contribution in [3.05, 3.63) is 102 Å². The Morgan fingerprint density at radius 3 is 2.28 bits per heavy atom. The lowest BCUT2D eigenvalue weighted by Crippen LogP contribution is -2.13. The van der Waals surface area contributed by atoms with Crippen molar-refractivity contribution in [3.63, 3.8) is 0 Å². The minimum Gasteiger partial charge on any atom is -0.505 e. The maximum Gasteiger partial charge on any atom is 0.296 e. The van der Waals surface area contributed by atoms with Crippen molar-refractivity contribution >= 4 is 71.6 Å². The Morgan fingerprint density at radius 2 is 1.61 bits per heavy atom.